The largest absolute Gasteiger partial charge is 0.351 e. The predicted octanol–water partition coefficient (Wildman–Crippen LogP) is 4.46. The lowest BCUT2D eigenvalue weighted by Crippen LogP contribution is -2.26. The molecule has 156 valence electrons. The summed E-state index contributed by atoms with van der Waals surface area (Å²) in [6.45, 7) is 2.61. The van der Waals surface area contributed by atoms with Crippen LogP contribution < -0.4 is 10.0 Å². The van der Waals surface area contributed by atoms with Gasteiger partial charge in [-0.05, 0) is 42.8 Å². The van der Waals surface area contributed by atoms with Crippen molar-refractivity contribution in [2.75, 3.05) is 17.0 Å². The van der Waals surface area contributed by atoms with Crippen molar-refractivity contribution < 1.29 is 13.2 Å². The van der Waals surface area contributed by atoms with Gasteiger partial charge in [0.15, 0.2) is 0 Å². The summed E-state index contributed by atoms with van der Waals surface area (Å²) in [5.41, 5.74) is 3.26. The van der Waals surface area contributed by atoms with Crippen LogP contribution in [0.3, 0.4) is 0 Å². The third kappa shape index (κ3) is 6.37. The summed E-state index contributed by atoms with van der Waals surface area (Å²) in [4.78, 5) is 12.6. The number of hydrogen-bond acceptors (Lipinski definition) is 4. The van der Waals surface area contributed by atoms with Gasteiger partial charge in [-0.15, -0.1) is 0 Å². The maximum Gasteiger partial charge on any atom is 0.261 e. The van der Waals surface area contributed by atoms with Crippen LogP contribution >= 0.6 is 11.8 Å². The number of thioether (sulfide) groups is 1. The Labute approximate surface area is 182 Å². The summed E-state index contributed by atoms with van der Waals surface area (Å²) in [6, 6.07) is 23.0. The van der Waals surface area contributed by atoms with Gasteiger partial charge in [-0.3, -0.25) is 9.52 Å². The fraction of sp³-hybridized carbons (Fsp3) is 0.174. The Bertz CT molecular complexity index is 1100. The molecule has 0 atom stereocenters. The number of aryl methyl sites for hydroxylation is 1. The average molecular weight is 441 g/mol. The van der Waals surface area contributed by atoms with Crippen LogP contribution in [0.5, 0.6) is 0 Å². The molecule has 0 heterocycles. The van der Waals surface area contributed by atoms with Gasteiger partial charge in [0.25, 0.3) is 15.9 Å². The summed E-state index contributed by atoms with van der Waals surface area (Å²) in [5.74, 6) is 1.46. The van der Waals surface area contributed by atoms with Gasteiger partial charge in [0.05, 0.1) is 4.90 Å². The zero-order chi connectivity index (χ0) is 21.4. The molecule has 7 heteroatoms. The summed E-state index contributed by atoms with van der Waals surface area (Å²) in [5, 5.41) is 2.88. The lowest BCUT2D eigenvalue weighted by Gasteiger charge is -2.10. The number of anilines is 1. The lowest BCUT2D eigenvalue weighted by atomic mass is 10.2. The van der Waals surface area contributed by atoms with E-state index in [0.29, 0.717) is 17.8 Å². The third-order valence-electron chi connectivity index (χ3n) is 4.31. The molecule has 3 aromatic rings. The SMILES string of the molecule is Cc1cccc(CSCCNC(=O)c2cccc(NS(=O)(=O)c3ccccc3)c2)c1. The van der Waals surface area contributed by atoms with Crippen molar-refractivity contribution in [3.63, 3.8) is 0 Å². The molecule has 0 radical (unpaired) electrons. The minimum atomic E-state index is -3.69. The summed E-state index contributed by atoms with van der Waals surface area (Å²) in [7, 11) is -3.69. The normalized spacial score (nSPS) is 11.1. The Morgan fingerprint density at radius 2 is 1.70 bits per heavy atom. The van der Waals surface area contributed by atoms with Crippen LogP contribution in [0.1, 0.15) is 21.5 Å². The van der Waals surface area contributed by atoms with E-state index in [1.807, 2.05) is 6.07 Å². The Morgan fingerprint density at radius 3 is 2.47 bits per heavy atom. The van der Waals surface area contributed by atoms with Gasteiger partial charge in [-0.1, -0.05) is 54.1 Å². The minimum Gasteiger partial charge on any atom is -0.351 e. The van der Waals surface area contributed by atoms with Crippen molar-refractivity contribution in [3.05, 3.63) is 95.6 Å². The highest BCUT2D eigenvalue weighted by Gasteiger charge is 2.14. The predicted molar refractivity (Wildman–Crippen MR) is 123 cm³/mol. The van der Waals surface area contributed by atoms with Crippen LogP contribution in [0.2, 0.25) is 0 Å². The zero-order valence-electron chi connectivity index (χ0n) is 16.7. The van der Waals surface area contributed by atoms with E-state index in [2.05, 4.69) is 35.2 Å². The summed E-state index contributed by atoms with van der Waals surface area (Å²) >= 11 is 1.75. The van der Waals surface area contributed by atoms with Gasteiger partial charge in [0.2, 0.25) is 0 Å². The number of nitrogens with one attached hydrogen (secondary N) is 2. The minimum absolute atomic E-state index is 0.172. The number of benzene rings is 3. The summed E-state index contributed by atoms with van der Waals surface area (Å²) in [6.07, 6.45) is 0. The monoisotopic (exact) mass is 440 g/mol. The van der Waals surface area contributed by atoms with Crippen molar-refractivity contribution in [1.82, 2.24) is 5.32 Å². The first-order valence-electron chi connectivity index (χ1n) is 9.53. The van der Waals surface area contributed by atoms with E-state index in [9.17, 15) is 13.2 Å². The molecule has 0 aliphatic rings. The van der Waals surface area contributed by atoms with E-state index >= 15 is 0 Å². The Balaban J connectivity index is 1.51. The number of hydrogen-bond donors (Lipinski definition) is 2. The second kappa shape index (κ2) is 10.3. The molecule has 0 bridgehead atoms. The van der Waals surface area contributed by atoms with E-state index < -0.39 is 10.0 Å². The second-order valence-electron chi connectivity index (χ2n) is 6.80. The van der Waals surface area contributed by atoms with Crippen LogP contribution in [-0.2, 0) is 15.8 Å². The van der Waals surface area contributed by atoms with Gasteiger partial charge in [-0.25, -0.2) is 8.42 Å². The number of carbonyl (C=O) groups excluding carboxylic acids is 1. The van der Waals surface area contributed by atoms with E-state index in [-0.39, 0.29) is 10.8 Å². The van der Waals surface area contributed by atoms with Crippen LogP contribution in [0.15, 0.2) is 83.8 Å². The van der Waals surface area contributed by atoms with Crippen molar-refractivity contribution in [3.8, 4) is 0 Å². The highest BCUT2D eigenvalue weighted by atomic mass is 32.2. The highest BCUT2D eigenvalue weighted by Crippen LogP contribution is 2.17. The van der Waals surface area contributed by atoms with E-state index in [1.54, 1.807) is 48.2 Å². The first-order chi connectivity index (χ1) is 14.4. The third-order valence-corrected chi connectivity index (χ3v) is 6.74. The molecule has 0 fully saturated rings. The smallest absolute Gasteiger partial charge is 0.261 e. The number of rotatable bonds is 9. The first kappa shape index (κ1) is 21.9. The topological polar surface area (TPSA) is 75.3 Å². The van der Waals surface area contributed by atoms with Crippen LogP contribution in [0.25, 0.3) is 0 Å². The molecule has 3 rings (SSSR count). The fourth-order valence-corrected chi connectivity index (χ4v) is 4.74. The lowest BCUT2D eigenvalue weighted by molar-refractivity contribution is 0.0956. The van der Waals surface area contributed by atoms with Crippen molar-refractivity contribution in [1.29, 1.82) is 0 Å². The molecule has 0 unspecified atom stereocenters. The molecule has 3 aromatic carbocycles. The number of sulfonamides is 1. The molecule has 0 aromatic heterocycles. The molecule has 1 amide bonds. The number of amides is 1. The Kier molecular flexibility index (Phi) is 7.54. The molecule has 5 nitrogen and oxygen atoms in total. The van der Waals surface area contributed by atoms with Crippen LogP contribution in [0, 0.1) is 6.92 Å². The highest BCUT2D eigenvalue weighted by molar-refractivity contribution is 7.98. The van der Waals surface area contributed by atoms with Crippen LogP contribution in [-0.4, -0.2) is 26.6 Å². The first-order valence-corrected chi connectivity index (χ1v) is 12.2. The van der Waals surface area contributed by atoms with Crippen LogP contribution in [0.4, 0.5) is 5.69 Å². The maximum atomic E-state index is 12.5. The zero-order valence-corrected chi connectivity index (χ0v) is 18.3. The van der Waals surface area contributed by atoms with E-state index in [4.69, 9.17) is 0 Å². The van der Waals surface area contributed by atoms with Crippen molar-refractivity contribution in [2.24, 2.45) is 0 Å². The van der Waals surface area contributed by atoms with Gasteiger partial charge < -0.3 is 5.32 Å². The molecule has 2 N–H and O–H groups in total. The standard InChI is InChI=1S/C23H24N2O3S2/c1-18-7-5-8-19(15-18)17-29-14-13-24-23(26)20-9-6-10-21(16-20)25-30(27,28)22-11-3-2-4-12-22/h2-12,15-16,25H,13-14,17H2,1H3,(H,24,26). The molecular formula is C23H24N2O3S2. The molecule has 0 aliphatic heterocycles. The molecule has 0 aliphatic carbocycles. The van der Waals surface area contributed by atoms with Crippen molar-refractivity contribution >= 4 is 33.4 Å². The average Bonchev–Trinajstić information content (AvgIpc) is 2.74. The summed E-state index contributed by atoms with van der Waals surface area (Å²) < 4.78 is 27.4. The Hall–Kier alpha value is -2.77. The quantitative estimate of drug-likeness (QED) is 0.482. The molecule has 0 saturated heterocycles. The van der Waals surface area contributed by atoms with Crippen molar-refractivity contribution in [2.45, 2.75) is 17.6 Å². The van der Waals surface area contributed by atoms with Gasteiger partial charge in [-0.2, -0.15) is 11.8 Å². The van der Waals surface area contributed by atoms with E-state index in [1.165, 1.54) is 29.3 Å². The molecule has 30 heavy (non-hydrogen) atoms. The van der Waals surface area contributed by atoms with Gasteiger partial charge in [0, 0.05) is 29.3 Å². The van der Waals surface area contributed by atoms with E-state index in [0.717, 1.165) is 11.5 Å². The maximum absolute atomic E-state index is 12.5. The van der Waals surface area contributed by atoms with Gasteiger partial charge >= 0.3 is 0 Å². The Morgan fingerprint density at radius 1 is 0.933 bits per heavy atom. The van der Waals surface area contributed by atoms with Gasteiger partial charge in [0.1, 0.15) is 0 Å². The molecule has 0 saturated carbocycles. The number of carbonyl (C=O) groups is 1. The molecular weight excluding hydrogens is 416 g/mol. The molecule has 0 spiro atoms. The second-order valence-corrected chi connectivity index (χ2v) is 9.58. The fourth-order valence-electron chi connectivity index (χ4n) is 2.87.